The Hall–Kier alpha value is -0.120. The van der Waals surface area contributed by atoms with E-state index in [4.69, 9.17) is 4.74 Å². The van der Waals surface area contributed by atoms with Crippen LogP contribution in [0.5, 0.6) is 0 Å². The maximum Gasteiger partial charge on any atom is 0.0799 e. The standard InChI is InChI=1S/C11H22NO2/c1-8(2)14-9-7-10(3,4)12(13)11(9,5)6/h8-9H,7H2,1-6H3. The van der Waals surface area contributed by atoms with Crippen molar-refractivity contribution in [1.82, 2.24) is 5.06 Å². The molecule has 1 fully saturated rings. The molecule has 0 amide bonds. The molecule has 0 aromatic rings. The first-order chi connectivity index (χ1) is 6.18. The highest BCUT2D eigenvalue weighted by Crippen LogP contribution is 2.41. The molecule has 83 valence electrons. The summed E-state index contributed by atoms with van der Waals surface area (Å²) in [5.41, 5.74) is -0.711. The van der Waals surface area contributed by atoms with Crippen molar-refractivity contribution in [3.05, 3.63) is 0 Å². The summed E-state index contributed by atoms with van der Waals surface area (Å²) in [6.07, 6.45) is 1.03. The predicted octanol–water partition coefficient (Wildman–Crippen LogP) is 2.39. The van der Waals surface area contributed by atoms with E-state index in [2.05, 4.69) is 0 Å². The first-order valence-corrected chi connectivity index (χ1v) is 5.31. The molecule has 1 unspecified atom stereocenters. The van der Waals surface area contributed by atoms with Gasteiger partial charge in [0.2, 0.25) is 0 Å². The molecule has 0 N–H and O–H groups in total. The summed E-state index contributed by atoms with van der Waals surface area (Å²) in [5.74, 6) is 0. The third-order valence-corrected chi connectivity index (χ3v) is 2.98. The van der Waals surface area contributed by atoms with E-state index < -0.39 is 5.54 Å². The van der Waals surface area contributed by atoms with Gasteiger partial charge < -0.3 is 4.74 Å². The molecule has 1 radical (unpaired) electrons. The summed E-state index contributed by atoms with van der Waals surface area (Å²) in [5, 5.41) is 13.2. The molecule has 0 aromatic heterocycles. The number of rotatable bonds is 2. The molecule has 3 nitrogen and oxygen atoms in total. The molecule has 1 aliphatic rings. The smallest absolute Gasteiger partial charge is 0.0799 e. The van der Waals surface area contributed by atoms with Gasteiger partial charge in [-0.05, 0) is 48.0 Å². The van der Waals surface area contributed by atoms with E-state index in [-0.39, 0.29) is 17.7 Å². The van der Waals surface area contributed by atoms with Crippen LogP contribution in [0.2, 0.25) is 0 Å². The summed E-state index contributed by atoms with van der Waals surface area (Å²) in [6, 6.07) is 0. The second-order valence-electron chi connectivity index (χ2n) is 5.64. The Morgan fingerprint density at radius 1 is 1.29 bits per heavy atom. The Morgan fingerprint density at radius 3 is 2.07 bits per heavy atom. The lowest BCUT2D eigenvalue weighted by Crippen LogP contribution is -2.48. The highest BCUT2D eigenvalue weighted by atomic mass is 16.5. The lowest BCUT2D eigenvalue weighted by atomic mass is 9.97. The SMILES string of the molecule is CC(C)OC1CC(C)(C)N([O])C1(C)C. The topological polar surface area (TPSA) is 32.4 Å². The molecule has 1 rings (SSSR count). The first-order valence-electron chi connectivity index (χ1n) is 5.31. The maximum absolute atomic E-state index is 12.0. The highest BCUT2D eigenvalue weighted by molar-refractivity contribution is 5.03. The maximum atomic E-state index is 12.0. The van der Waals surface area contributed by atoms with Crippen LogP contribution in [-0.4, -0.2) is 28.3 Å². The number of hydrogen-bond acceptors (Lipinski definition) is 2. The van der Waals surface area contributed by atoms with E-state index in [1.807, 2.05) is 41.5 Å². The van der Waals surface area contributed by atoms with Gasteiger partial charge in [0.15, 0.2) is 0 Å². The predicted molar refractivity (Wildman–Crippen MR) is 55.3 cm³/mol. The van der Waals surface area contributed by atoms with E-state index in [0.29, 0.717) is 0 Å². The third kappa shape index (κ3) is 1.95. The third-order valence-electron chi connectivity index (χ3n) is 2.98. The average Bonchev–Trinajstić information content (AvgIpc) is 2.12. The first kappa shape index (κ1) is 12.0. The van der Waals surface area contributed by atoms with E-state index in [0.717, 1.165) is 6.42 Å². The van der Waals surface area contributed by atoms with Crippen LogP contribution in [0, 0.1) is 0 Å². The molecular weight excluding hydrogens is 178 g/mol. The molecule has 1 heterocycles. The van der Waals surface area contributed by atoms with Crippen molar-refractivity contribution >= 4 is 0 Å². The van der Waals surface area contributed by atoms with Gasteiger partial charge in [-0.3, -0.25) is 0 Å². The van der Waals surface area contributed by atoms with Crippen LogP contribution in [0.15, 0.2) is 0 Å². The Morgan fingerprint density at radius 2 is 1.79 bits per heavy atom. The van der Waals surface area contributed by atoms with Crippen molar-refractivity contribution in [2.75, 3.05) is 0 Å². The fraction of sp³-hybridized carbons (Fsp3) is 1.00. The largest absolute Gasteiger partial charge is 0.373 e. The zero-order valence-corrected chi connectivity index (χ0v) is 10.1. The quantitative estimate of drug-likeness (QED) is 0.685. The van der Waals surface area contributed by atoms with Crippen molar-refractivity contribution in [1.29, 1.82) is 0 Å². The van der Waals surface area contributed by atoms with Crippen molar-refractivity contribution in [3.8, 4) is 0 Å². The van der Waals surface area contributed by atoms with E-state index in [1.54, 1.807) is 0 Å². The zero-order chi connectivity index (χ0) is 11.1. The minimum absolute atomic E-state index is 0.0370. The van der Waals surface area contributed by atoms with E-state index >= 15 is 0 Å². The van der Waals surface area contributed by atoms with Crippen LogP contribution in [0.25, 0.3) is 0 Å². The van der Waals surface area contributed by atoms with Gasteiger partial charge in [0.05, 0.1) is 17.7 Å². The summed E-state index contributed by atoms with van der Waals surface area (Å²) < 4.78 is 5.79. The number of nitrogens with zero attached hydrogens (tertiary/aromatic N) is 1. The second-order valence-corrected chi connectivity index (χ2v) is 5.64. The van der Waals surface area contributed by atoms with Crippen molar-refractivity contribution in [3.63, 3.8) is 0 Å². The number of hydrogen-bond donors (Lipinski definition) is 0. The van der Waals surface area contributed by atoms with Crippen LogP contribution in [0.1, 0.15) is 48.0 Å². The van der Waals surface area contributed by atoms with Crippen LogP contribution in [0.4, 0.5) is 0 Å². The monoisotopic (exact) mass is 200 g/mol. The molecule has 14 heavy (non-hydrogen) atoms. The summed E-state index contributed by atoms with van der Waals surface area (Å²) in [4.78, 5) is 0. The minimum Gasteiger partial charge on any atom is -0.373 e. The van der Waals surface area contributed by atoms with Crippen molar-refractivity contribution in [2.24, 2.45) is 0 Å². The van der Waals surface area contributed by atoms with Gasteiger partial charge in [0.1, 0.15) is 0 Å². The molecule has 3 heteroatoms. The summed E-state index contributed by atoms with van der Waals surface area (Å²) in [7, 11) is 0. The van der Waals surface area contributed by atoms with Gasteiger partial charge in [-0.25, -0.2) is 0 Å². The molecule has 0 aliphatic carbocycles. The normalized spacial score (nSPS) is 31.3. The van der Waals surface area contributed by atoms with Gasteiger partial charge in [0.25, 0.3) is 0 Å². The fourth-order valence-corrected chi connectivity index (χ4v) is 2.24. The van der Waals surface area contributed by atoms with Gasteiger partial charge in [-0.1, -0.05) is 0 Å². The van der Waals surface area contributed by atoms with Crippen LogP contribution >= 0.6 is 0 Å². The van der Waals surface area contributed by atoms with Crippen molar-refractivity contribution in [2.45, 2.75) is 71.2 Å². The highest BCUT2D eigenvalue weighted by Gasteiger charge is 2.53. The van der Waals surface area contributed by atoms with E-state index in [1.165, 1.54) is 5.06 Å². The Balaban J connectivity index is 2.80. The fourth-order valence-electron chi connectivity index (χ4n) is 2.24. The molecule has 0 bridgehead atoms. The van der Waals surface area contributed by atoms with E-state index in [9.17, 15) is 5.21 Å². The molecule has 0 saturated carbocycles. The molecule has 1 saturated heterocycles. The van der Waals surface area contributed by atoms with Gasteiger partial charge in [0, 0.05) is 5.54 Å². The Bertz CT molecular complexity index is 211. The lowest BCUT2D eigenvalue weighted by Gasteiger charge is -2.33. The van der Waals surface area contributed by atoms with Gasteiger partial charge in [-0.15, -0.1) is 10.3 Å². The van der Waals surface area contributed by atoms with Crippen molar-refractivity contribution < 1.29 is 9.94 Å². The van der Waals surface area contributed by atoms with Crippen LogP contribution in [0.3, 0.4) is 0 Å². The second kappa shape index (κ2) is 3.47. The zero-order valence-electron chi connectivity index (χ0n) is 10.1. The summed E-state index contributed by atoms with van der Waals surface area (Å²) in [6.45, 7) is 11.9. The van der Waals surface area contributed by atoms with Crippen LogP contribution < -0.4 is 0 Å². The van der Waals surface area contributed by atoms with Gasteiger partial charge in [-0.2, -0.15) is 0 Å². The molecule has 0 spiro atoms. The number of hydroxylamine groups is 2. The lowest BCUT2D eigenvalue weighted by molar-refractivity contribution is -0.254. The number of ether oxygens (including phenoxy) is 1. The molecule has 1 atom stereocenters. The molecular formula is C11H22NO2. The molecule has 1 aliphatic heterocycles. The Kier molecular flexibility index (Phi) is 2.96. The van der Waals surface area contributed by atoms with Crippen LogP contribution in [-0.2, 0) is 9.94 Å². The Labute approximate surface area is 87.0 Å². The summed E-state index contributed by atoms with van der Waals surface area (Å²) >= 11 is 0. The molecule has 0 aromatic carbocycles. The average molecular weight is 200 g/mol. The van der Waals surface area contributed by atoms with Gasteiger partial charge >= 0.3 is 0 Å². The minimum atomic E-state index is -0.409.